The number of para-hydroxylation sites is 1. The molecule has 2 bridgehead atoms. The van der Waals surface area contributed by atoms with E-state index in [1.807, 2.05) is 48.4 Å². The van der Waals surface area contributed by atoms with Gasteiger partial charge in [-0.25, -0.2) is 4.79 Å². The zero-order valence-electron chi connectivity index (χ0n) is 33.1. The number of aromatic nitrogens is 1. The molecule has 57 heavy (non-hydrogen) atoms. The number of aromatic amines is 1. The molecule has 0 radical (unpaired) electrons. The summed E-state index contributed by atoms with van der Waals surface area (Å²) in [5.41, 5.74) is 5.09. The minimum absolute atomic E-state index is 0.0193. The van der Waals surface area contributed by atoms with Gasteiger partial charge in [0, 0.05) is 65.3 Å². The number of hydrogen-bond donors (Lipinski definition) is 6. The highest BCUT2D eigenvalue weighted by Gasteiger charge is 2.54. The number of hydrogen-bond acceptors (Lipinski definition) is 12. The van der Waals surface area contributed by atoms with Crippen LogP contribution >= 0.6 is 0 Å². The molecule has 15 nitrogen and oxygen atoms in total. The SMILES string of the molecule is COc1c(C)cc2c(c1O)[C@H]1NC(C2)[C@H](O)N2C1Cc1c(OC(C)=O)c(C)c3c(c1[C@@H]2CNC(=O)[C@H](Cc1c[nH]c2ccccc12)NC(=O)OC(C)(C)C)OCO3. The number of carbonyl (C=O) groups excluding carboxylic acids is 3. The Morgan fingerprint density at radius 3 is 2.56 bits per heavy atom. The van der Waals surface area contributed by atoms with Gasteiger partial charge in [-0.15, -0.1) is 0 Å². The summed E-state index contributed by atoms with van der Waals surface area (Å²) in [5.74, 6) is 0.550. The molecule has 15 heteroatoms. The lowest BCUT2D eigenvalue weighted by atomic mass is 9.74. The second-order valence-electron chi connectivity index (χ2n) is 16.3. The summed E-state index contributed by atoms with van der Waals surface area (Å²) in [6.07, 6.45) is 0.862. The predicted octanol–water partition coefficient (Wildman–Crippen LogP) is 4.26. The Morgan fingerprint density at radius 2 is 1.82 bits per heavy atom. The number of phenols is 1. The zero-order valence-corrected chi connectivity index (χ0v) is 33.1. The number of methoxy groups -OCH3 is 1. The van der Waals surface area contributed by atoms with Crippen molar-refractivity contribution in [3.8, 4) is 28.7 Å². The third-order valence-electron chi connectivity index (χ3n) is 11.4. The molecule has 6 atom stereocenters. The number of aliphatic hydroxyl groups excluding tert-OH is 1. The number of esters is 1. The van der Waals surface area contributed by atoms with E-state index in [1.165, 1.54) is 14.0 Å². The first-order valence-corrected chi connectivity index (χ1v) is 19.2. The number of amides is 2. The molecule has 1 fully saturated rings. The fourth-order valence-electron chi connectivity index (χ4n) is 9.21. The average molecular weight is 784 g/mol. The number of aliphatic hydroxyl groups is 1. The molecule has 302 valence electrons. The maximum atomic E-state index is 14.5. The van der Waals surface area contributed by atoms with E-state index in [4.69, 9.17) is 23.7 Å². The summed E-state index contributed by atoms with van der Waals surface area (Å²) < 4.78 is 29.2. The molecule has 4 aromatic rings. The molecular weight excluding hydrogens is 734 g/mol. The van der Waals surface area contributed by atoms with Crippen molar-refractivity contribution >= 4 is 28.9 Å². The lowest BCUT2D eigenvalue weighted by molar-refractivity contribution is -0.133. The van der Waals surface area contributed by atoms with Gasteiger partial charge in [0.25, 0.3) is 0 Å². The number of carbonyl (C=O) groups is 3. The highest BCUT2D eigenvalue weighted by molar-refractivity contribution is 5.88. The first-order valence-electron chi connectivity index (χ1n) is 19.2. The Bertz CT molecular complexity index is 2280. The van der Waals surface area contributed by atoms with Gasteiger partial charge in [-0.05, 0) is 70.2 Å². The van der Waals surface area contributed by atoms with Crippen LogP contribution in [0.2, 0.25) is 0 Å². The highest BCUT2D eigenvalue weighted by Crippen LogP contribution is 2.56. The molecule has 0 aliphatic carbocycles. The van der Waals surface area contributed by atoms with E-state index in [9.17, 15) is 24.6 Å². The standard InChI is InChI=1S/C42H49N5O10/c1-19-12-22-13-28-40(51)47-29(33(45-28)31(22)34(49)35(19)53-7)15-25-32(38-37(54-18-55-38)20(2)36(25)56-21(3)48)30(47)17-44-39(50)27(46-41(52)57-42(4,5)6)14-23-16-43-26-11-9-8-10-24(23)26/h8-12,16,27-30,33,40,43,45,49,51H,13-15,17-18H2,1-7H3,(H,44,50)(H,46,52)/t27-,28?,29?,30-,33-,40-/m0/s1. The normalized spacial score (nSPS) is 22.5. The van der Waals surface area contributed by atoms with Crippen LogP contribution in [-0.4, -0.2) is 88.5 Å². The number of nitrogens with one attached hydrogen (secondary N) is 4. The molecule has 0 saturated carbocycles. The molecule has 5 heterocycles. The Hall–Kier alpha value is -5.51. The van der Waals surface area contributed by atoms with Gasteiger partial charge >= 0.3 is 12.1 Å². The molecule has 0 spiro atoms. The number of fused-ring (bicyclic) bond motifs is 10. The van der Waals surface area contributed by atoms with E-state index in [1.54, 1.807) is 27.7 Å². The van der Waals surface area contributed by atoms with Gasteiger partial charge in [-0.1, -0.05) is 24.3 Å². The largest absolute Gasteiger partial charge is 0.504 e. The maximum Gasteiger partial charge on any atom is 0.408 e. The number of benzene rings is 3. The number of alkyl carbamates (subject to hydrolysis) is 1. The summed E-state index contributed by atoms with van der Waals surface area (Å²) in [6, 6.07) is 6.44. The molecule has 4 aliphatic heterocycles. The van der Waals surface area contributed by atoms with Crippen molar-refractivity contribution < 1.29 is 48.3 Å². The average Bonchev–Trinajstić information content (AvgIpc) is 3.81. The van der Waals surface area contributed by atoms with Crippen LogP contribution in [0.15, 0.2) is 36.5 Å². The number of rotatable bonds is 8. The van der Waals surface area contributed by atoms with E-state index in [-0.39, 0.29) is 31.9 Å². The van der Waals surface area contributed by atoms with Crippen molar-refractivity contribution in [1.29, 1.82) is 0 Å². The molecule has 1 aromatic heterocycles. The number of ether oxygens (including phenoxy) is 5. The second kappa shape index (κ2) is 14.5. The topological polar surface area (TPSA) is 193 Å². The minimum atomic E-state index is -1.06. The maximum absolute atomic E-state index is 14.5. The lowest BCUT2D eigenvalue weighted by Gasteiger charge is -2.57. The summed E-state index contributed by atoms with van der Waals surface area (Å²) in [4.78, 5) is 45.5. The molecule has 1 saturated heterocycles. The molecule has 2 amide bonds. The van der Waals surface area contributed by atoms with Crippen molar-refractivity contribution in [2.45, 2.75) is 103 Å². The van der Waals surface area contributed by atoms with Crippen LogP contribution < -0.4 is 34.9 Å². The molecule has 3 aromatic carbocycles. The van der Waals surface area contributed by atoms with Crippen molar-refractivity contribution in [1.82, 2.24) is 25.8 Å². The Morgan fingerprint density at radius 1 is 1.07 bits per heavy atom. The van der Waals surface area contributed by atoms with Gasteiger partial charge in [0.2, 0.25) is 12.7 Å². The second-order valence-corrected chi connectivity index (χ2v) is 16.3. The first-order chi connectivity index (χ1) is 27.1. The van der Waals surface area contributed by atoms with Crippen LogP contribution in [0.5, 0.6) is 28.7 Å². The van der Waals surface area contributed by atoms with Crippen LogP contribution in [0.3, 0.4) is 0 Å². The minimum Gasteiger partial charge on any atom is -0.504 e. The molecular formula is C42H49N5O10. The van der Waals surface area contributed by atoms with Crippen molar-refractivity contribution in [3.63, 3.8) is 0 Å². The smallest absolute Gasteiger partial charge is 0.408 e. The van der Waals surface area contributed by atoms with Gasteiger partial charge in [0.05, 0.1) is 25.2 Å². The fourth-order valence-corrected chi connectivity index (χ4v) is 9.21. The van der Waals surface area contributed by atoms with Crippen LogP contribution in [0, 0.1) is 13.8 Å². The molecule has 2 unspecified atom stereocenters. The molecule has 4 aliphatic rings. The zero-order chi connectivity index (χ0) is 40.5. The van der Waals surface area contributed by atoms with Crippen molar-refractivity contribution in [3.05, 3.63) is 75.5 Å². The fraction of sp³-hybridized carbons (Fsp3) is 0.452. The van der Waals surface area contributed by atoms with E-state index in [2.05, 4.69) is 20.9 Å². The predicted molar refractivity (Wildman–Crippen MR) is 208 cm³/mol. The third-order valence-corrected chi connectivity index (χ3v) is 11.4. The van der Waals surface area contributed by atoms with E-state index >= 15 is 0 Å². The Balaban J connectivity index is 1.21. The van der Waals surface area contributed by atoms with Gasteiger partial charge in [-0.2, -0.15) is 0 Å². The Kier molecular flexibility index (Phi) is 9.73. The van der Waals surface area contributed by atoms with E-state index in [0.29, 0.717) is 51.7 Å². The van der Waals surface area contributed by atoms with Crippen LogP contribution in [0.25, 0.3) is 10.9 Å². The quantitative estimate of drug-likeness (QED) is 0.110. The third kappa shape index (κ3) is 6.76. The summed E-state index contributed by atoms with van der Waals surface area (Å²) >= 11 is 0. The van der Waals surface area contributed by atoms with E-state index in [0.717, 1.165) is 27.6 Å². The Labute approximate surface area is 329 Å². The number of aromatic hydroxyl groups is 1. The van der Waals surface area contributed by atoms with Gasteiger partial charge in [0.15, 0.2) is 23.0 Å². The highest BCUT2D eigenvalue weighted by atomic mass is 16.7. The number of H-pyrrole nitrogens is 1. The lowest BCUT2D eigenvalue weighted by Crippen LogP contribution is -2.69. The summed E-state index contributed by atoms with van der Waals surface area (Å²) in [7, 11) is 1.51. The van der Waals surface area contributed by atoms with Gasteiger partial charge < -0.3 is 54.8 Å². The summed E-state index contributed by atoms with van der Waals surface area (Å²) in [5, 5.41) is 34.4. The summed E-state index contributed by atoms with van der Waals surface area (Å²) in [6.45, 7) is 10.1. The number of nitrogens with zero attached hydrogens (tertiary/aromatic N) is 1. The van der Waals surface area contributed by atoms with Gasteiger partial charge in [0.1, 0.15) is 23.6 Å². The van der Waals surface area contributed by atoms with Crippen LogP contribution in [0.1, 0.15) is 78.7 Å². The number of aryl methyl sites for hydroxylation is 1. The molecule has 8 rings (SSSR count). The van der Waals surface area contributed by atoms with Crippen LogP contribution in [-0.2, 0) is 33.6 Å². The van der Waals surface area contributed by atoms with Gasteiger partial charge in [-0.3, -0.25) is 14.5 Å². The molecule has 6 N–H and O–H groups in total. The monoisotopic (exact) mass is 783 g/mol. The van der Waals surface area contributed by atoms with Crippen LogP contribution in [0.4, 0.5) is 4.79 Å². The first kappa shape index (κ1) is 38.4. The van der Waals surface area contributed by atoms with E-state index < -0.39 is 60.0 Å². The number of phenolic OH excluding ortho intramolecular Hbond substituents is 1. The van der Waals surface area contributed by atoms with Crippen molar-refractivity contribution in [2.75, 3.05) is 20.4 Å². The van der Waals surface area contributed by atoms with Crippen molar-refractivity contribution in [2.24, 2.45) is 0 Å². The number of piperazine rings is 1.